The van der Waals surface area contributed by atoms with Crippen molar-refractivity contribution in [3.63, 3.8) is 0 Å². The van der Waals surface area contributed by atoms with Gasteiger partial charge in [0.2, 0.25) is 0 Å². The van der Waals surface area contributed by atoms with Crippen LogP contribution in [0.15, 0.2) is 18.2 Å². The van der Waals surface area contributed by atoms with Crippen molar-refractivity contribution in [1.82, 2.24) is 5.32 Å². The van der Waals surface area contributed by atoms with Crippen molar-refractivity contribution >= 4 is 11.6 Å². The zero-order valence-electron chi connectivity index (χ0n) is 12.4. The first-order chi connectivity index (χ1) is 9.70. The van der Waals surface area contributed by atoms with E-state index in [4.69, 9.17) is 4.74 Å². The Morgan fingerprint density at radius 3 is 2.75 bits per heavy atom. The molecule has 1 aromatic rings. The van der Waals surface area contributed by atoms with E-state index in [0.29, 0.717) is 0 Å². The average Bonchev–Trinajstić information content (AvgIpc) is 2.46. The summed E-state index contributed by atoms with van der Waals surface area (Å²) in [6.07, 6.45) is 2.90. The maximum absolute atomic E-state index is 12.3. The normalized spacial score (nSPS) is 15.9. The number of rotatable bonds is 5. The van der Waals surface area contributed by atoms with Crippen molar-refractivity contribution in [2.75, 3.05) is 25.1 Å². The lowest BCUT2D eigenvalue weighted by molar-refractivity contribution is 0.0696. The SMILES string of the molecule is CCCNc1ccc(C(=O)NC2CCOCC2)c(C)c1. The summed E-state index contributed by atoms with van der Waals surface area (Å²) in [6, 6.07) is 6.16. The molecule has 0 spiro atoms. The van der Waals surface area contributed by atoms with Gasteiger partial charge in [-0.15, -0.1) is 0 Å². The summed E-state index contributed by atoms with van der Waals surface area (Å²) in [6.45, 7) is 6.55. The van der Waals surface area contributed by atoms with Gasteiger partial charge in [-0.3, -0.25) is 4.79 Å². The molecule has 1 amide bonds. The fourth-order valence-electron chi connectivity index (χ4n) is 2.40. The Balaban J connectivity index is 1.98. The van der Waals surface area contributed by atoms with E-state index in [0.717, 1.165) is 55.8 Å². The highest BCUT2D eigenvalue weighted by molar-refractivity contribution is 5.96. The maximum atomic E-state index is 12.3. The lowest BCUT2D eigenvalue weighted by Crippen LogP contribution is -2.39. The van der Waals surface area contributed by atoms with Crippen molar-refractivity contribution in [2.45, 2.75) is 39.2 Å². The van der Waals surface area contributed by atoms with Crippen molar-refractivity contribution in [3.05, 3.63) is 29.3 Å². The molecule has 4 nitrogen and oxygen atoms in total. The van der Waals surface area contributed by atoms with E-state index >= 15 is 0 Å². The van der Waals surface area contributed by atoms with E-state index in [1.54, 1.807) is 0 Å². The van der Waals surface area contributed by atoms with Gasteiger partial charge in [0.1, 0.15) is 0 Å². The van der Waals surface area contributed by atoms with Gasteiger partial charge in [0, 0.05) is 37.1 Å². The molecule has 0 aliphatic carbocycles. The minimum absolute atomic E-state index is 0.0245. The Bertz CT molecular complexity index is 454. The van der Waals surface area contributed by atoms with Crippen LogP contribution in [0.5, 0.6) is 0 Å². The fourth-order valence-corrected chi connectivity index (χ4v) is 2.40. The van der Waals surface area contributed by atoms with E-state index in [1.807, 2.05) is 25.1 Å². The summed E-state index contributed by atoms with van der Waals surface area (Å²) < 4.78 is 5.30. The van der Waals surface area contributed by atoms with Crippen molar-refractivity contribution in [3.8, 4) is 0 Å². The summed E-state index contributed by atoms with van der Waals surface area (Å²) in [5, 5.41) is 6.43. The van der Waals surface area contributed by atoms with E-state index in [9.17, 15) is 4.79 Å². The molecule has 1 aromatic carbocycles. The van der Waals surface area contributed by atoms with Crippen LogP contribution in [0.3, 0.4) is 0 Å². The third-order valence-electron chi connectivity index (χ3n) is 3.61. The Labute approximate surface area is 120 Å². The molecule has 20 heavy (non-hydrogen) atoms. The van der Waals surface area contributed by atoms with Crippen LogP contribution in [-0.2, 0) is 4.74 Å². The molecule has 110 valence electrons. The molecule has 1 fully saturated rings. The Morgan fingerprint density at radius 1 is 1.35 bits per heavy atom. The van der Waals surface area contributed by atoms with Crippen LogP contribution in [0.25, 0.3) is 0 Å². The van der Waals surface area contributed by atoms with Gasteiger partial charge in [0.25, 0.3) is 5.91 Å². The molecule has 2 rings (SSSR count). The second-order valence-corrected chi connectivity index (χ2v) is 5.32. The van der Waals surface area contributed by atoms with Gasteiger partial charge in [-0.1, -0.05) is 6.92 Å². The van der Waals surface area contributed by atoms with Gasteiger partial charge in [0.05, 0.1) is 0 Å². The molecule has 0 aromatic heterocycles. The Kier molecular flexibility index (Phi) is 5.41. The van der Waals surface area contributed by atoms with E-state index in [-0.39, 0.29) is 11.9 Å². The first kappa shape index (κ1) is 14.9. The zero-order chi connectivity index (χ0) is 14.4. The summed E-state index contributed by atoms with van der Waals surface area (Å²) >= 11 is 0. The Hall–Kier alpha value is -1.55. The highest BCUT2D eigenvalue weighted by Gasteiger charge is 2.18. The molecule has 0 atom stereocenters. The Morgan fingerprint density at radius 2 is 2.10 bits per heavy atom. The lowest BCUT2D eigenvalue weighted by Gasteiger charge is -2.23. The largest absolute Gasteiger partial charge is 0.385 e. The summed E-state index contributed by atoms with van der Waals surface area (Å²) in [5.41, 5.74) is 2.85. The minimum atomic E-state index is 0.0245. The predicted octanol–water partition coefficient (Wildman–Crippen LogP) is 2.73. The van der Waals surface area contributed by atoms with Crippen LogP contribution in [0.2, 0.25) is 0 Å². The van der Waals surface area contributed by atoms with Gasteiger partial charge in [-0.2, -0.15) is 0 Å². The molecule has 0 unspecified atom stereocenters. The quantitative estimate of drug-likeness (QED) is 0.869. The first-order valence-electron chi connectivity index (χ1n) is 7.44. The highest BCUT2D eigenvalue weighted by Crippen LogP contribution is 2.16. The van der Waals surface area contributed by atoms with Gasteiger partial charge < -0.3 is 15.4 Å². The van der Waals surface area contributed by atoms with Crippen LogP contribution in [0.4, 0.5) is 5.69 Å². The molecule has 0 saturated carbocycles. The first-order valence-corrected chi connectivity index (χ1v) is 7.44. The van der Waals surface area contributed by atoms with Crippen molar-refractivity contribution < 1.29 is 9.53 Å². The lowest BCUT2D eigenvalue weighted by atomic mass is 10.0. The monoisotopic (exact) mass is 276 g/mol. The van der Waals surface area contributed by atoms with E-state index < -0.39 is 0 Å². The molecule has 1 aliphatic heterocycles. The summed E-state index contributed by atoms with van der Waals surface area (Å²) in [7, 11) is 0. The smallest absolute Gasteiger partial charge is 0.251 e. The topological polar surface area (TPSA) is 50.4 Å². The number of hydrogen-bond acceptors (Lipinski definition) is 3. The number of nitrogens with one attached hydrogen (secondary N) is 2. The van der Waals surface area contributed by atoms with Crippen molar-refractivity contribution in [2.24, 2.45) is 0 Å². The van der Waals surface area contributed by atoms with Crippen LogP contribution in [-0.4, -0.2) is 31.7 Å². The fraction of sp³-hybridized carbons (Fsp3) is 0.562. The molecule has 1 saturated heterocycles. The zero-order valence-corrected chi connectivity index (χ0v) is 12.4. The molecular formula is C16H24N2O2. The minimum Gasteiger partial charge on any atom is -0.385 e. The van der Waals surface area contributed by atoms with Gasteiger partial charge in [-0.05, 0) is 49.9 Å². The standard InChI is InChI=1S/C16H24N2O2/c1-3-8-17-14-4-5-15(12(2)11-14)16(19)18-13-6-9-20-10-7-13/h4-5,11,13,17H,3,6-10H2,1-2H3,(H,18,19). The van der Waals surface area contributed by atoms with Gasteiger partial charge in [0.15, 0.2) is 0 Å². The van der Waals surface area contributed by atoms with E-state index in [2.05, 4.69) is 17.6 Å². The number of amides is 1. The number of anilines is 1. The number of ether oxygens (including phenoxy) is 1. The molecule has 1 aliphatic rings. The number of benzene rings is 1. The number of aryl methyl sites for hydroxylation is 1. The number of carbonyl (C=O) groups excluding carboxylic acids is 1. The molecule has 4 heteroatoms. The second-order valence-electron chi connectivity index (χ2n) is 5.32. The van der Waals surface area contributed by atoms with E-state index in [1.165, 1.54) is 0 Å². The second kappa shape index (κ2) is 7.29. The molecule has 2 N–H and O–H groups in total. The maximum Gasteiger partial charge on any atom is 0.251 e. The number of hydrogen-bond donors (Lipinski definition) is 2. The van der Waals surface area contributed by atoms with Gasteiger partial charge >= 0.3 is 0 Å². The van der Waals surface area contributed by atoms with Gasteiger partial charge in [-0.25, -0.2) is 0 Å². The highest BCUT2D eigenvalue weighted by atomic mass is 16.5. The summed E-state index contributed by atoms with van der Waals surface area (Å²) in [5.74, 6) is 0.0245. The third-order valence-corrected chi connectivity index (χ3v) is 3.61. The molecule has 0 radical (unpaired) electrons. The summed E-state index contributed by atoms with van der Waals surface area (Å²) in [4.78, 5) is 12.3. The molecule has 1 heterocycles. The molecular weight excluding hydrogens is 252 g/mol. The van der Waals surface area contributed by atoms with Crippen LogP contribution >= 0.6 is 0 Å². The van der Waals surface area contributed by atoms with Crippen LogP contribution in [0.1, 0.15) is 42.1 Å². The van der Waals surface area contributed by atoms with Crippen LogP contribution in [0, 0.1) is 6.92 Å². The van der Waals surface area contributed by atoms with Crippen LogP contribution < -0.4 is 10.6 Å². The number of carbonyl (C=O) groups is 1. The third kappa shape index (κ3) is 3.97. The average molecular weight is 276 g/mol. The van der Waals surface area contributed by atoms with Crippen molar-refractivity contribution in [1.29, 1.82) is 0 Å². The molecule has 0 bridgehead atoms. The predicted molar refractivity (Wildman–Crippen MR) is 81.3 cm³/mol.